The molecule has 3 rings (SSSR count). The molecule has 2 aromatic rings. The molecule has 0 amide bonds. The van der Waals surface area contributed by atoms with Gasteiger partial charge in [-0.15, -0.1) is 0 Å². The number of aromatic nitrogens is 3. The fraction of sp³-hybridized carbons (Fsp3) is 0.571. The lowest BCUT2D eigenvalue weighted by Crippen LogP contribution is -2.38. The highest BCUT2D eigenvalue weighted by atomic mass is 15.2. The maximum absolute atomic E-state index is 6.13. The molecule has 0 bridgehead atoms. The number of pyridine rings is 1. The van der Waals surface area contributed by atoms with Gasteiger partial charge in [0.15, 0.2) is 5.65 Å². The zero-order chi connectivity index (χ0) is 13.6. The van der Waals surface area contributed by atoms with E-state index in [1.165, 1.54) is 0 Å². The fourth-order valence-electron chi connectivity index (χ4n) is 3.14. The lowest BCUT2D eigenvalue weighted by Gasteiger charge is -2.35. The van der Waals surface area contributed by atoms with Crippen LogP contribution in [-0.2, 0) is 0 Å². The van der Waals surface area contributed by atoms with E-state index in [-0.39, 0.29) is 0 Å². The molecule has 0 radical (unpaired) electrons. The van der Waals surface area contributed by atoms with Gasteiger partial charge in [0.05, 0.1) is 0 Å². The van der Waals surface area contributed by atoms with Crippen molar-refractivity contribution in [1.29, 1.82) is 0 Å². The minimum absolute atomic E-state index is 0.399. The molecule has 2 atom stereocenters. The molecule has 1 fully saturated rings. The highest BCUT2D eigenvalue weighted by Gasteiger charge is 2.28. The van der Waals surface area contributed by atoms with E-state index in [1.54, 1.807) is 0 Å². The number of likely N-dealkylation sites (tertiary alicyclic amines) is 1. The van der Waals surface area contributed by atoms with E-state index in [0.29, 0.717) is 17.9 Å². The van der Waals surface area contributed by atoms with Gasteiger partial charge in [0.2, 0.25) is 5.95 Å². The third-order valence-corrected chi connectivity index (χ3v) is 4.10. The highest BCUT2D eigenvalue weighted by Crippen LogP contribution is 2.32. The first kappa shape index (κ1) is 12.4. The topological polar surface area (TPSA) is 60.0 Å². The predicted octanol–water partition coefficient (Wildman–Crippen LogP) is 1.83. The van der Waals surface area contributed by atoms with Gasteiger partial charge in [0.1, 0.15) is 5.52 Å². The number of nitrogens with zero attached hydrogens (tertiary/aromatic N) is 4. The Kier molecular flexibility index (Phi) is 2.93. The first-order valence-electron chi connectivity index (χ1n) is 6.86. The summed E-state index contributed by atoms with van der Waals surface area (Å²) in [5.74, 6) is 1.15. The number of nitrogen functional groups attached to an aromatic ring is 1. The van der Waals surface area contributed by atoms with Crippen LogP contribution >= 0.6 is 0 Å². The lowest BCUT2D eigenvalue weighted by molar-refractivity contribution is 0.162. The summed E-state index contributed by atoms with van der Waals surface area (Å²) < 4.78 is 2.14. The van der Waals surface area contributed by atoms with Crippen LogP contribution < -0.4 is 5.73 Å². The van der Waals surface area contributed by atoms with Crippen molar-refractivity contribution in [2.24, 2.45) is 5.92 Å². The van der Waals surface area contributed by atoms with E-state index < -0.39 is 0 Å². The molecule has 0 spiro atoms. The highest BCUT2D eigenvalue weighted by molar-refractivity contribution is 5.74. The predicted molar refractivity (Wildman–Crippen MR) is 77.0 cm³/mol. The summed E-state index contributed by atoms with van der Waals surface area (Å²) in [7, 11) is 2.17. The van der Waals surface area contributed by atoms with Gasteiger partial charge < -0.3 is 10.6 Å². The maximum Gasteiger partial charge on any atom is 0.202 e. The molecule has 0 aliphatic carbocycles. The van der Waals surface area contributed by atoms with Crippen molar-refractivity contribution in [2.75, 3.05) is 25.9 Å². The van der Waals surface area contributed by atoms with Crippen LogP contribution in [0.4, 0.5) is 5.95 Å². The number of hydrogen-bond acceptors (Lipinski definition) is 4. The summed E-state index contributed by atoms with van der Waals surface area (Å²) in [6.07, 6.45) is 1.10. The van der Waals surface area contributed by atoms with Crippen LogP contribution in [-0.4, -0.2) is 39.6 Å². The molecule has 0 saturated carbocycles. The van der Waals surface area contributed by atoms with E-state index in [2.05, 4.69) is 33.4 Å². The molecule has 5 heteroatoms. The average molecular weight is 259 g/mol. The summed E-state index contributed by atoms with van der Waals surface area (Å²) in [6, 6.07) is 4.39. The first-order valence-corrected chi connectivity index (χ1v) is 6.86. The monoisotopic (exact) mass is 259 g/mol. The zero-order valence-electron chi connectivity index (χ0n) is 11.8. The summed E-state index contributed by atoms with van der Waals surface area (Å²) >= 11 is 0. The van der Waals surface area contributed by atoms with Crippen molar-refractivity contribution in [3.63, 3.8) is 0 Å². The average Bonchev–Trinajstić information content (AvgIpc) is 2.65. The Morgan fingerprint density at radius 2 is 2.11 bits per heavy atom. The standard InChI is InChI=1S/C14H21N5/c1-9-8-18(3)7-6-12(9)19-13-11(17-14(19)15)5-4-10(2)16-13/h4-5,9,12H,6-8H2,1-3H3,(H2,15,17). The smallest absolute Gasteiger partial charge is 0.202 e. The van der Waals surface area contributed by atoms with Crippen LogP contribution in [0.1, 0.15) is 25.1 Å². The number of aryl methyl sites for hydroxylation is 1. The molecule has 2 N–H and O–H groups in total. The van der Waals surface area contributed by atoms with Gasteiger partial charge >= 0.3 is 0 Å². The summed E-state index contributed by atoms with van der Waals surface area (Å²) in [5, 5.41) is 0. The number of imidazole rings is 1. The molecular formula is C14H21N5. The Balaban J connectivity index is 2.09. The van der Waals surface area contributed by atoms with Gasteiger partial charge in [-0.3, -0.25) is 4.57 Å². The minimum Gasteiger partial charge on any atom is -0.369 e. The molecule has 3 heterocycles. The van der Waals surface area contributed by atoms with Crippen molar-refractivity contribution in [3.8, 4) is 0 Å². The molecule has 5 nitrogen and oxygen atoms in total. The van der Waals surface area contributed by atoms with E-state index in [0.717, 1.165) is 36.4 Å². The van der Waals surface area contributed by atoms with Gasteiger partial charge in [-0.2, -0.15) is 0 Å². The molecule has 19 heavy (non-hydrogen) atoms. The zero-order valence-corrected chi connectivity index (χ0v) is 11.8. The van der Waals surface area contributed by atoms with Crippen molar-refractivity contribution in [2.45, 2.75) is 26.3 Å². The van der Waals surface area contributed by atoms with E-state index in [4.69, 9.17) is 5.73 Å². The number of rotatable bonds is 1. The van der Waals surface area contributed by atoms with Crippen molar-refractivity contribution in [1.82, 2.24) is 19.4 Å². The fourth-order valence-corrected chi connectivity index (χ4v) is 3.14. The van der Waals surface area contributed by atoms with Gasteiger partial charge in [0, 0.05) is 18.3 Å². The molecule has 2 aromatic heterocycles. The number of piperidine rings is 1. The minimum atomic E-state index is 0.399. The SMILES string of the molecule is Cc1ccc2nc(N)n(C3CCN(C)CC3C)c2n1. The summed E-state index contributed by atoms with van der Waals surface area (Å²) in [6.45, 7) is 6.47. The molecule has 1 aliphatic rings. The van der Waals surface area contributed by atoms with E-state index >= 15 is 0 Å². The van der Waals surface area contributed by atoms with Crippen LogP contribution in [0.15, 0.2) is 12.1 Å². The van der Waals surface area contributed by atoms with Crippen molar-refractivity contribution in [3.05, 3.63) is 17.8 Å². The third kappa shape index (κ3) is 2.08. The Hall–Kier alpha value is -1.62. The second kappa shape index (κ2) is 4.49. The van der Waals surface area contributed by atoms with E-state index in [9.17, 15) is 0 Å². The maximum atomic E-state index is 6.13. The van der Waals surface area contributed by atoms with Crippen LogP contribution in [0.3, 0.4) is 0 Å². The van der Waals surface area contributed by atoms with Crippen LogP contribution in [0.25, 0.3) is 11.2 Å². The Morgan fingerprint density at radius 3 is 2.84 bits per heavy atom. The van der Waals surface area contributed by atoms with Gasteiger partial charge in [-0.05, 0) is 45.0 Å². The van der Waals surface area contributed by atoms with Gasteiger partial charge in [-0.1, -0.05) is 6.92 Å². The molecular weight excluding hydrogens is 238 g/mol. The number of hydrogen-bond donors (Lipinski definition) is 1. The Morgan fingerprint density at radius 1 is 1.32 bits per heavy atom. The second-order valence-corrected chi connectivity index (χ2v) is 5.73. The summed E-state index contributed by atoms with van der Waals surface area (Å²) in [5.41, 5.74) is 8.96. The Bertz CT molecular complexity index is 603. The molecule has 102 valence electrons. The lowest BCUT2D eigenvalue weighted by atomic mass is 9.94. The molecule has 2 unspecified atom stereocenters. The van der Waals surface area contributed by atoms with Crippen molar-refractivity contribution < 1.29 is 0 Å². The van der Waals surface area contributed by atoms with Crippen LogP contribution in [0, 0.1) is 12.8 Å². The van der Waals surface area contributed by atoms with Gasteiger partial charge in [0.25, 0.3) is 0 Å². The normalized spacial score (nSPS) is 25.0. The van der Waals surface area contributed by atoms with E-state index in [1.807, 2.05) is 19.1 Å². The number of anilines is 1. The molecule has 1 saturated heterocycles. The second-order valence-electron chi connectivity index (χ2n) is 5.73. The first-order chi connectivity index (χ1) is 9.06. The summed E-state index contributed by atoms with van der Waals surface area (Å²) in [4.78, 5) is 11.4. The van der Waals surface area contributed by atoms with Crippen LogP contribution in [0.2, 0.25) is 0 Å². The number of nitrogens with two attached hydrogens (primary N) is 1. The van der Waals surface area contributed by atoms with Crippen molar-refractivity contribution >= 4 is 17.1 Å². The largest absolute Gasteiger partial charge is 0.369 e. The molecule has 0 aromatic carbocycles. The number of fused-ring (bicyclic) bond motifs is 1. The Labute approximate surface area is 113 Å². The quantitative estimate of drug-likeness (QED) is 0.849. The molecule has 1 aliphatic heterocycles. The van der Waals surface area contributed by atoms with Crippen LogP contribution in [0.5, 0.6) is 0 Å². The van der Waals surface area contributed by atoms with Gasteiger partial charge in [-0.25, -0.2) is 9.97 Å². The third-order valence-electron chi connectivity index (χ3n) is 4.10.